The minimum Gasteiger partial charge on any atom is -0.453 e. The summed E-state index contributed by atoms with van der Waals surface area (Å²) in [6.07, 6.45) is 2.72. The first-order valence-electron chi connectivity index (χ1n) is 10.0. The smallest absolute Gasteiger partial charge is 0.289 e. The van der Waals surface area contributed by atoms with E-state index in [1.54, 1.807) is 19.2 Å². The predicted octanol–water partition coefficient (Wildman–Crippen LogP) is 1.28. The SMILES string of the molecule is COCc1ccc(C(=O)N2CC[C@H](N3CCN(C)CC3)[C@H](CCCO)C2)o1. The molecule has 1 N–H and O–H groups in total. The fraction of sp³-hybridized carbons (Fsp3) is 0.750. The van der Waals surface area contributed by atoms with Crippen LogP contribution in [0.5, 0.6) is 0 Å². The van der Waals surface area contributed by atoms with Crippen LogP contribution in [0.15, 0.2) is 16.5 Å². The Kier molecular flexibility index (Phi) is 7.29. The summed E-state index contributed by atoms with van der Waals surface area (Å²) in [6.45, 7) is 6.44. The Balaban J connectivity index is 1.64. The maximum Gasteiger partial charge on any atom is 0.289 e. The Morgan fingerprint density at radius 3 is 2.74 bits per heavy atom. The van der Waals surface area contributed by atoms with Crippen LogP contribution in [0.1, 0.15) is 35.6 Å². The number of likely N-dealkylation sites (N-methyl/N-ethyl adjacent to an activating group) is 1. The van der Waals surface area contributed by atoms with Crippen LogP contribution in [0.4, 0.5) is 0 Å². The zero-order valence-corrected chi connectivity index (χ0v) is 16.6. The molecule has 27 heavy (non-hydrogen) atoms. The molecule has 7 heteroatoms. The van der Waals surface area contributed by atoms with Crippen molar-refractivity contribution >= 4 is 5.91 Å². The van der Waals surface area contributed by atoms with Crippen LogP contribution in [0, 0.1) is 5.92 Å². The molecule has 7 nitrogen and oxygen atoms in total. The van der Waals surface area contributed by atoms with E-state index in [1.807, 2.05) is 4.90 Å². The van der Waals surface area contributed by atoms with Crippen molar-refractivity contribution in [1.29, 1.82) is 0 Å². The molecule has 152 valence electrons. The van der Waals surface area contributed by atoms with Gasteiger partial charge in [0.05, 0.1) is 0 Å². The summed E-state index contributed by atoms with van der Waals surface area (Å²) in [5, 5.41) is 9.31. The molecule has 1 amide bonds. The number of carbonyl (C=O) groups excluding carboxylic acids is 1. The number of aliphatic hydroxyl groups is 1. The van der Waals surface area contributed by atoms with Gasteiger partial charge < -0.3 is 24.1 Å². The van der Waals surface area contributed by atoms with Crippen LogP contribution < -0.4 is 0 Å². The van der Waals surface area contributed by atoms with Gasteiger partial charge >= 0.3 is 0 Å². The zero-order valence-electron chi connectivity index (χ0n) is 16.6. The number of methoxy groups -OCH3 is 1. The summed E-state index contributed by atoms with van der Waals surface area (Å²) in [7, 11) is 3.78. The van der Waals surface area contributed by atoms with Gasteiger partial charge in [-0.05, 0) is 44.4 Å². The number of likely N-dealkylation sites (tertiary alicyclic amines) is 1. The van der Waals surface area contributed by atoms with E-state index in [0.29, 0.717) is 30.1 Å². The van der Waals surface area contributed by atoms with Gasteiger partial charge in [-0.25, -0.2) is 0 Å². The lowest BCUT2D eigenvalue weighted by atomic mass is 9.86. The van der Waals surface area contributed by atoms with Crippen LogP contribution in [0.25, 0.3) is 0 Å². The monoisotopic (exact) mass is 379 g/mol. The number of amides is 1. The van der Waals surface area contributed by atoms with Crippen LogP contribution in [0.2, 0.25) is 0 Å². The first-order chi connectivity index (χ1) is 13.1. The number of nitrogens with zero attached hydrogens (tertiary/aromatic N) is 3. The largest absolute Gasteiger partial charge is 0.453 e. The molecule has 2 saturated heterocycles. The van der Waals surface area contributed by atoms with Crippen molar-refractivity contribution < 1.29 is 19.1 Å². The van der Waals surface area contributed by atoms with E-state index in [0.717, 1.165) is 58.5 Å². The summed E-state index contributed by atoms with van der Waals surface area (Å²) in [5.74, 6) is 1.42. The standard InChI is InChI=1S/C20H33N3O4/c1-21-9-11-22(12-10-21)18-7-8-23(14-16(18)4-3-13-24)20(25)19-6-5-17(27-19)15-26-2/h5-6,16,18,24H,3-4,7-15H2,1-2H3/t16-,18+/m1/s1. The molecule has 3 heterocycles. The molecule has 3 rings (SSSR count). The summed E-state index contributed by atoms with van der Waals surface area (Å²) < 4.78 is 10.7. The van der Waals surface area contributed by atoms with Gasteiger partial charge in [0.1, 0.15) is 12.4 Å². The second-order valence-electron chi connectivity index (χ2n) is 7.77. The lowest BCUT2D eigenvalue weighted by Crippen LogP contribution is -2.56. The Morgan fingerprint density at radius 1 is 1.26 bits per heavy atom. The van der Waals surface area contributed by atoms with Crippen molar-refractivity contribution in [3.63, 3.8) is 0 Å². The van der Waals surface area contributed by atoms with E-state index in [4.69, 9.17) is 9.15 Å². The Labute approximate surface area is 161 Å². The molecule has 2 aliphatic heterocycles. The summed E-state index contributed by atoms with van der Waals surface area (Å²) in [6, 6.07) is 4.04. The van der Waals surface area contributed by atoms with Crippen LogP contribution in [0.3, 0.4) is 0 Å². The minimum atomic E-state index is -0.0387. The van der Waals surface area contributed by atoms with Gasteiger partial charge in [0.2, 0.25) is 0 Å². The Bertz CT molecular complexity index is 598. The zero-order chi connectivity index (χ0) is 19.2. The third-order valence-electron chi connectivity index (χ3n) is 5.88. The van der Waals surface area contributed by atoms with Crippen molar-refractivity contribution in [1.82, 2.24) is 14.7 Å². The fourth-order valence-corrected chi connectivity index (χ4v) is 4.34. The van der Waals surface area contributed by atoms with Gasteiger partial charge in [-0.2, -0.15) is 0 Å². The number of carbonyl (C=O) groups is 1. The van der Waals surface area contributed by atoms with Gasteiger partial charge in [-0.3, -0.25) is 9.69 Å². The Hall–Kier alpha value is -1.41. The second kappa shape index (κ2) is 9.68. The van der Waals surface area contributed by atoms with Crippen molar-refractivity contribution in [3.8, 4) is 0 Å². The number of piperazine rings is 1. The molecule has 1 aromatic rings. The second-order valence-corrected chi connectivity index (χ2v) is 7.77. The molecule has 0 bridgehead atoms. The maximum atomic E-state index is 12.9. The van der Waals surface area contributed by atoms with Crippen molar-refractivity contribution in [3.05, 3.63) is 23.7 Å². The highest BCUT2D eigenvalue weighted by Gasteiger charge is 2.36. The highest BCUT2D eigenvalue weighted by atomic mass is 16.5. The molecule has 2 fully saturated rings. The van der Waals surface area contributed by atoms with E-state index in [2.05, 4.69) is 16.8 Å². The van der Waals surface area contributed by atoms with E-state index in [-0.39, 0.29) is 12.5 Å². The summed E-state index contributed by atoms with van der Waals surface area (Å²) in [5.41, 5.74) is 0. The van der Waals surface area contributed by atoms with E-state index < -0.39 is 0 Å². The van der Waals surface area contributed by atoms with Gasteiger partial charge in [0.25, 0.3) is 5.91 Å². The molecule has 2 atom stereocenters. The first kappa shape index (κ1) is 20.3. The third-order valence-corrected chi connectivity index (χ3v) is 5.88. The number of furan rings is 1. The highest BCUT2D eigenvalue weighted by molar-refractivity contribution is 5.91. The highest BCUT2D eigenvalue weighted by Crippen LogP contribution is 2.28. The number of hydrogen-bond acceptors (Lipinski definition) is 6. The third kappa shape index (κ3) is 5.10. The van der Waals surface area contributed by atoms with Crippen molar-refractivity contribution in [2.75, 3.05) is 60.0 Å². The van der Waals surface area contributed by atoms with Gasteiger partial charge in [0.15, 0.2) is 5.76 Å². The topological polar surface area (TPSA) is 69.4 Å². The van der Waals surface area contributed by atoms with E-state index in [9.17, 15) is 9.90 Å². The van der Waals surface area contributed by atoms with Crippen LogP contribution in [-0.2, 0) is 11.3 Å². The van der Waals surface area contributed by atoms with E-state index in [1.165, 1.54) is 0 Å². The van der Waals surface area contributed by atoms with Crippen LogP contribution in [-0.4, -0.2) is 91.8 Å². The normalized spacial score (nSPS) is 25.1. The average Bonchev–Trinajstić information content (AvgIpc) is 3.15. The number of aliphatic hydroxyl groups excluding tert-OH is 1. The molecule has 1 aromatic heterocycles. The summed E-state index contributed by atoms with van der Waals surface area (Å²) >= 11 is 0. The molecule has 0 unspecified atom stereocenters. The molecule has 2 aliphatic rings. The van der Waals surface area contributed by atoms with Gasteiger partial charge in [-0.1, -0.05) is 0 Å². The minimum absolute atomic E-state index is 0.0387. The summed E-state index contributed by atoms with van der Waals surface area (Å²) in [4.78, 5) is 19.8. The van der Waals surface area contributed by atoms with Gasteiger partial charge in [0, 0.05) is 59.0 Å². The average molecular weight is 380 g/mol. The lowest BCUT2D eigenvalue weighted by molar-refractivity contribution is 0.0203. The van der Waals surface area contributed by atoms with Crippen molar-refractivity contribution in [2.24, 2.45) is 5.92 Å². The van der Waals surface area contributed by atoms with E-state index >= 15 is 0 Å². The van der Waals surface area contributed by atoms with Gasteiger partial charge in [-0.15, -0.1) is 0 Å². The molecule has 0 radical (unpaired) electrons. The Morgan fingerprint density at radius 2 is 2.04 bits per heavy atom. The predicted molar refractivity (Wildman–Crippen MR) is 103 cm³/mol. The maximum absolute atomic E-state index is 12.9. The molecule has 0 spiro atoms. The number of ether oxygens (including phenoxy) is 1. The lowest BCUT2D eigenvalue weighted by Gasteiger charge is -2.46. The van der Waals surface area contributed by atoms with Crippen LogP contribution >= 0.6 is 0 Å². The molecule has 0 saturated carbocycles. The number of rotatable bonds is 7. The first-order valence-corrected chi connectivity index (χ1v) is 10.0. The molecule has 0 aromatic carbocycles. The fourth-order valence-electron chi connectivity index (χ4n) is 4.34. The number of piperidine rings is 1. The van der Waals surface area contributed by atoms with Crippen molar-refractivity contribution in [2.45, 2.75) is 31.9 Å². The molecular formula is C20H33N3O4. The molecular weight excluding hydrogens is 346 g/mol. The quantitative estimate of drug-likeness (QED) is 0.770. The number of hydrogen-bond donors (Lipinski definition) is 1. The molecule has 0 aliphatic carbocycles.